The number of allylic oxidation sites excluding steroid dienone is 1. The van der Waals surface area contributed by atoms with Gasteiger partial charge in [0.2, 0.25) is 21.8 Å². The van der Waals surface area contributed by atoms with Crippen molar-refractivity contribution < 1.29 is 49.8 Å². The molecule has 0 unspecified atom stereocenters. The van der Waals surface area contributed by atoms with Crippen molar-refractivity contribution in [2.45, 2.75) is 120 Å². The number of aromatic nitrogens is 2. The number of rotatable bonds is 10. The molecule has 8 rings (SSSR count). The first-order valence-electron chi connectivity index (χ1n) is 21.5. The number of alkyl halides is 3. The highest BCUT2D eigenvalue weighted by atomic mass is 32.2. The molecule has 2 aliphatic heterocycles. The first-order valence-corrected chi connectivity index (χ1v) is 23.9. The standard InChI is InChI=1S/C45H50F4N6O7S2/c1-24(2)35-23-63-41(52-35)34-20-38(32-14-15-37(61-4)25(3)39(32)51-34)62-30-19-36-40(56)53-44(43(58)54-64(59,60)31-12-13-31)21-26(44)10-8-6-5-7-9-11-33(42(57)55(36)22-30)50-29-17-27(45(47,48)49)16-28(46)18-29/h8,10,14-18,20,23-24,26,30-31,33,36,50H,5-7,9,11-13,19,21-22H2,1-4H3,(H,53,56)(H,54,58)/b10-8-/t26-,30+,33-,36-,44+/m0/s1. The third-order valence-electron chi connectivity index (χ3n) is 12.4. The van der Waals surface area contributed by atoms with Gasteiger partial charge in [-0.2, -0.15) is 13.2 Å². The third-order valence-corrected chi connectivity index (χ3v) is 15.1. The Morgan fingerprint density at radius 2 is 1.83 bits per heavy atom. The largest absolute Gasteiger partial charge is 0.496 e. The van der Waals surface area contributed by atoms with Crippen molar-refractivity contribution in [1.82, 2.24) is 24.9 Å². The number of hydrogen-bond donors (Lipinski definition) is 3. The molecule has 3 N–H and O–H groups in total. The summed E-state index contributed by atoms with van der Waals surface area (Å²) in [6.07, 6.45) is 1.31. The van der Waals surface area contributed by atoms with Crippen molar-refractivity contribution in [2.24, 2.45) is 5.92 Å². The molecule has 342 valence electrons. The summed E-state index contributed by atoms with van der Waals surface area (Å²) in [5.41, 5.74) is -0.395. The number of anilines is 1. The molecular weight excluding hydrogens is 877 g/mol. The Bertz CT molecular complexity index is 2620. The lowest BCUT2D eigenvalue weighted by atomic mass is 10.0. The maximum atomic E-state index is 14.9. The summed E-state index contributed by atoms with van der Waals surface area (Å²) in [6.45, 7) is 5.78. The maximum absolute atomic E-state index is 14.9. The van der Waals surface area contributed by atoms with Gasteiger partial charge in [0.25, 0.3) is 5.91 Å². The molecule has 13 nitrogen and oxygen atoms in total. The summed E-state index contributed by atoms with van der Waals surface area (Å²) in [7, 11) is -2.43. The van der Waals surface area contributed by atoms with E-state index < -0.39 is 80.2 Å². The Morgan fingerprint density at radius 3 is 2.53 bits per heavy atom. The summed E-state index contributed by atoms with van der Waals surface area (Å²) in [6, 6.07) is 4.84. The molecule has 4 heterocycles. The number of hydrogen-bond acceptors (Lipinski definition) is 11. The van der Waals surface area contributed by atoms with E-state index in [-0.39, 0.29) is 37.4 Å². The summed E-state index contributed by atoms with van der Waals surface area (Å²) in [4.78, 5) is 54.5. The topological polar surface area (TPSA) is 169 Å². The van der Waals surface area contributed by atoms with Gasteiger partial charge in [0.05, 0.1) is 35.7 Å². The van der Waals surface area contributed by atoms with Gasteiger partial charge in [-0.15, -0.1) is 11.3 Å². The molecule has 0 radical (unpaired) electrons. The number of pyridine rings is 1. The predicted octanol–water partition coefficient (Wildman–Crippen LogP) is 7.79. The second-order valence-corrected chi connectivity index (χ2v) is 20.3. The lowest BCUT2D eigenvalue weighted by molar-refractivity contribution is -0.140. The predicted molar refractivity (Wildman–Crippen MR) is 233 cm³/mol. The number of thiazole rings is 1. The minimum absolute atomic E-state index is 0.0793. The van der Waals surface area contributed by atoms with E-state index in [4.69, 9.17) is 19.4 Å². The van der Waals surface area contributed by atoms with Gasteiger partial charge in [-0.3, -0.25) is 19.1 Å². The van der Waals surface area contributed by atoms with E-state index in [0.717, 1.165) is 23.4 Å². The average Bonchev–Trinajstić information content (AvgIpc) is 4.11. The fourth-order valence-corrected chi connectivity index (χ4v) is 10.8. The highest BCUT2D eigenvalue weighted by Crippen LogP contribution is 2.46. The Morgan fingerprint density at radius 1 is 1.05 bits per heavy atom. The van der Waals surface area contributed by atoms with Crippen molar-refractivity contribution >= 4 is 55.7 Å². The van der Waals surface area contributed by atoms with Gasteiger partial charge in [0.1, 0.15) is 51.7 Å². The molecule has 2 aromatic heterocycles. The van der Waals surface area contributed by atoms with E-state index >= 15 is 0 Å². The SMILES string of the molecule is COc1ccc2c(O[C@@H]3C[C@H]4C(=O)N[C@]5(C(=O)NS(=O)(=O)C6CC6)C[C@@H]5/C=C\CCCCC[C@H](Nc5cc(F)cc(C(F)(F)F)c5)C(=O)N4C3)cc(-c3nc(C(C)C)cs3)nc2c1C. The molecule has 2 aromatic carbocycles. The third kappa shape index (κ3) is 9.41. The molecule has 0 bridgehead atoms. The molecule has 3 fully saturated rings. The zero-order valence-electron chi connectivity index (χ0n) is 35.8. The van der Waals surface area contributed by atoms with Crippen LogP contribution in [0.4, 0.5) is 23.2 Å². The Kier molecular flexibility index (Phi) is 12.4. The molecule has 3 amide bonds. The monoisotopic (exact) mass is 926 g/mol. The Labute approximate surface area is 372 Å². The summed E-state index contributed by atoms with van der Waals surface area (Å²) in [5, 5.41) is 8.23. The summed E-state index contributed by atoms with van der Waals surface area (Å²) >= 11 is 1.42. The molecule has 19 heteroatoms. The van der Waals surface area contributed by atoms with Crippen LogP contribution in [0.25, 0.3) is 21.6 Å². The van der Waals surface area contributed by atoms with Crippen LogP contribution >= 0.6 is 11.3 Å². The zero-order chi connectivity index (χ0) is 45.7. The van der Waals surface area contributed by atoms with Crippen LogP contribution in [-0.2, 0) is 30.6 Å². The van der Waals surface area contributed by atoms with E-state index in [1.807, 2.05) is 32.2 Å². The van der Waals surface area contributed by atoms with E-state index in [2.05, 4.69) is 15.4 Å². The van der Waals surface area contributed by atoms with Gasteiger partial charge in [-0.25, -0.2) is 22.8 Å². The van der Waals surface area contributed by atoms with Gasteiger partial charge in [-0.1, -0.05) is 38.8 Å². The van der Waals surface area contributed by atoms with Crippen molar-refractivity contribution in [2.75, 3.05) is 19.0 Å². The smallest absolute Gasteiger partial charge is 0.416 e. The van der Waals surface area contributed by atoms with E-state index in [1.165, 1.54) is 16.2 Å². The normalized spacial score (nSPS) is 24.9. The van der Waals surface area contributed by atoms with Crippen LogP contribution in [0.3, 0.4) is 0 Å². The minimum atomic E-state index is -4.86. The number of ether oxygens (including phenoxy) is 2. The fourth-order valence-electron chi connectivity index (χ4n) is 8.54. The minimum Gasteiger partial charge on any atom is -0.496 e. The zero-order valence-corrected chi connectivity index (χ0v) is 37.4. The lowest BCUT2D eigenvalue weighted by Gasteiger charge is -2.30. The van der Waals surface area contributed by atoms with E-state index in [9.17, 15) is 40.4 Å². The quantitative estimate of drug-likeness (QED) is 0.106. The number of nitrogens with zero attached hydrogens (tertiary/aromatic N) is 3. The van der Waals surface area contributed by atoms with Crippen LogP contribution in [0.2, 0.25) is 0 Å². The number of amides is 3. The molecule has 1 saturated heterocycles. The van der Waals surface area contributed by atoms with Crippen LogP contribution in [0.1, 0.15) is 94.4 Å². The maximum Gasteiger partial charge on any atom is 0.416 e. The molecular formula is C45H50F4N6O7S2. The van der Waals surface area contributed by atoms with Crippen LogP contribution in [0, 0.1) is 18.7 Å². The van der Waals surface area contributed by atoms with Crippen LogP contribution in [0.5, 0.6) is 11.5 Å². The fraction of sp³-hybridized carbons (Fsp3) is 0.489. The van der Waals surface area contributed by atoms with Gasteiger partial charge in [0, 0.05) is 40.4 Å². The number of fused-ring (bicyclic) bond motifs is 3. The Hall–Kier alpha value is -5.30. The van der Waals surface area contributed by atoms with Gasteiger partial charge in [-0.05, 0) is 81.7 Å². The van der Waals surface area contributed by atoms with E-state index in [1.54, 1.807) is 31.4 Å². The number of aryl methyl sites for hydroxylation is 1. The van der Waals surface area contributed by atoms with Gasteiger partial charge in [0.15, 0.2) is 0 Å². The number of sulfonamides is 1. The number of benzene rings is 2. The van der Waals surface area contributed by atoms with Crippen LogP contribution < -0.4 is 24.8 Å². The summed E-state index contributed by atoms with van der Waals surface area (Å²) < 4.78 is 96.6. The lowest BCUT2D eigenvalue weighted by Crippen LogP contribution is -2.57. The molecule has 2 aliphatic carbocycles. The number of carbonyl (C=O) groups is 3. The number of carbonyl (C=O) groups excluding carboxylic acids is 3. The Balaban J connectivity index is 1.17. The second kappa shape index (κ2) is 17.6. The first-order chi connectivity index (χ1) is 30.4. The van der Waals surface area contributed by atoms with Crippen LogP contribution in [-0.4, -0.2) is 83.6 Å². The highest BCUT2D eigenvalue weighted by Gasteiger charge is 2.62. The molecule has 2 saturated carbocycles. The van der Waals surface area contributed by atoms with Crippen molar-refractivity contribution in [3.05, 3.63) is 76.6 Å². The first kappa shape index (κ1) is 45.3. The number of halogens is 4. The van der Waals surface area contributed by atoms with Crippen molar-refractivity contribution in [1.29, 1.82) is 0 Å². The molecule has 64 heavy (non-hydrogen) atoms. The van der Waals surface area contributed by atoms with E-state index in [0.29, 0.717) is 77.7 Å². The molecule has 5 atom stereocenters. The second-order valence-electron chi connectivity index (χ2n) is 17.4. The van der Waals surface area contributed by atoms with Gasteiger partial charge < -0.3 is 25.0 Å². The van der Waals surface area contributed by atoms with Crippen LogP contribution in [0.15, 0.2) is 53.9 Å². The van der Waals surface area contributed by atoms with Crippen molar-refractivity contribution in [3.63, 3.8) is 0 Å². The molecule has 0 spiro atoms. The molecule has 4 aromatic rings. The number of nitrogens with one attached hydrogen (secondary N) is 3. The highest BCUT2D eigenvalue weighted by molar-refractivity contribution is 7.91. The van der Waals surface area contributed by atoms with Crippen molar-refractivity contribution in [3.8, 4) is 22.2 Å². The molecule has 4 aliphatic rings. The number of methoxy groups -OCH3 is 1. The average molecular weight is 927 g/mol. The van der Waals surface area contributed by atoms with Gasteiger partial charge >= 0.3 is 6.18 Å². The summed E-state index contributed by atoms with van der Waals surface area (Å²) in [5.74, 6) is -2.79.